The maximum atomic E-state index is 9.15. The Balaban J connectivity index is 1.88. The Hall–Kier alpha value is -2.72. The summed E-state index contributed by atoms with van der Waals surface area (Å²) in [6, 6.07) is 17.3. The fraction of sp³-hybridized carbons (Fsp3) is 0.111. The first kappa shape index (κ1) is 14.2. The average Bonchev–Trinajstić information content (AvgIpc) is 2.62. The third-order valence-corrected chi connectivity index (χ3v) is 3.42. The highest BCUT2D eigenvalue weighted by molar-refractivity contribution is 5.66. The molecule has 1 aromatic carbocycles. The van der Waals surface area contributed by atoms with E-state index >= 15 is 0 Å². The first-order chi connectivity index (χ1) is 10.8. The lowest BCUT2D eigenvalue weighted by Crippen LogP contribution is -1.93. The highest BCUT2D eigenvalue weighted by Gasteiger charge is 2.04. The fourth-order valence-electron chi connectivity index (χ4n) is 2.21. The number of aliphatic hydroxyl groups excluding tert-OH is 1. The summed E-state index contributed by atoms with van der Waals surface area (Å²) in [5.41, 5.74) is 4.29. The molecule has 110 valence electrons. The fourth-order valence-corrected chi connectivity index (χ4v) is 2.21. The van der Waals surface area contributed by atoms with Crippen molar-refractivity contribution in [3.05, 3.63) is 66.5 Å². The van der Waals surface area contributed by atoms with E-state index in [9.17, 15) is 0 Å². The smallest absolute Gasteiger partial charge is 0.118 e. The van der Waals surface area contributed by atoms with Crippen LogP contribution in [0.1, 0.15) is 5.69 Å². The largest absolute Gasteiger partial charge is 0.497 e. The number of ether oxygens (including phenoxy) is 1. The van der Waals surface area contributed by atoms with Gasteiger partial charge in [-0.15, -0.1) is 0 Å². The van der Waals surface area contributed by atoms with Crippen LogP contribution in [0.15, 0.2) is 60.8 Å². The third kappa shape index (κ3) is 2.97. The molecule has 0 saturated heterocycles. The van der Waals surface area contributed by atoms with Crippen molar-refractivity contribution in [3.8, 4) is 28.3 Å². The second-order valence-corrected chi connectivity index (χ2v) is 4.83. The molecular weight excluding hydrogens is 276 g/mol. The normalized spacial score (nSPS) is 10.5. The molecule has 0 unspecified atom stereocenters. The molecule has 0 spiro atoms. The zero-order valence-electron chi connectivity index (χ0n) is 12.2. The van der Waals surface area contributed by atoms with E-state index in [1.807, 2.05) is 54.7 Å². The van der Waals surface area contributed by atoms with Crippen molar-refractivity contribution in [2.75, 3.05) is 7.11 Å². The average molecular weight is 292 g/mol. The van der Waals surface area contributed by atoms with Gasteiger partial charge in [-0.2, -0.15) is 0 Å². The number of hydrogen-bond donors (Lipinski definition) is 1. The van der Waals surface area contributed by atoms with E-state index in [2.05, 4.69) is 9.97 Å². The van der Waals surface area contributed by atoms with Crippen molar-refractivity contribution < 1.29 is 9.84 Å². The zero-order valence-corrected chi connectivity index (χ0v) is 12.2. The Morgan fingerprint density at radius 3 is 2.32 bits per heavy atom. The Bertz CT molecular complexity index is 753. The van der Waals surface area contributed by atoms with Gasteiger partial charge in [-0.25, -0.2) is 4.98 Å². The summed E-state index contributed by atoms with van der Waals surface area (Å²) in [4.78, 5) is 8.83. The van der Waals surface area contributed by atoms with Crippen molar-refractivity contribution in [3.63, 3.8) is 0 Å². The topological polar surface area (TPSA) is 55.2 Å². The SMILES string of the molecule is COc1ccc(-c2ccc(-c3cccc(CO)n3)nc2)cc1. The third-order valence-electron chi connectivity index (χ3n) is 3.42. The minimum absolute atomic E-state index is 0.0717. The van der Waals surface area contributed by atoms with Gasteiger partial charge < -0.3 is 9.84 Å². The zero-order chi connectivity index (χ0) is 15.4. The van der Waals surface area contributed by atoms with Crippen LogP contribution in [0.25, 0.3) is 22.5 Å². The molecule has 4 nitrogen and oxygen atoms in total. The van der Waals surface area contributed by atoms with Crippen molar-refractivity contribution in [1.29, 1.82) is 0 Å². The lowest BCUT2D eigenvalue weighted by molar-refractivity contribution is 0.277. The molecule has 2 heterocycles. The van der Waals surface area contributed by atoms with Crippen LogP contribution in [0.5, 0.6) is 5.75 Å². The summed E-state index contributed by atoms with van der Waals surface area (Å²) in [7, 11) is 1.65. The second kappa shape index (κ2) is 6.37. The molecule has 3 rings (SSSR count). The summed E-state index contributed by atoms with van der Waals surface area (Å²) in [5, 5.41) is 9.15. The minimum Gasteiger partial charge on any atom is -0.497 e. The lowest BCUT2D eigenvalue weighted by Gasteiger charge is -2.06. The van der Waals surface area contributed by atoms with Crippen LogP contribution < -0.4 is 4.74 Å². The van der Waals surface area contributed by atoms with E-state index in [4.69, 9.17) is 9.84 Å². The Morgan fingerprint density at radius 2 is 1.68 bits per heavy atom. The quantitative estimate of drug-likeness (QED) is 0.801. The van der Waals surface area contributed by atoms with Crippen LogP contribution in [0.4, 0.5) is 0 Å². The molecule has 2 aromatic heterocycles. The number of methoxy groups -OCH3 is 1. The molecule has 0 radical (unpaired) electrons. The monoisotopic (exact) mass is 292 g/mol. The maximum Gasteiger partial charge on any atom is 0.118 e. The van der Waals surface area contributed by atoms with Gasteiger partial charge in [0.15, 0.2) is 0 Å². The summed E-state index contributed by atoms with van der Waals surface area (Å²) >= 11 is 0. The van der Waals surface area contributed by atoms with E-state index in [0.717, 1.165) is 28.3 Å². The van der Waals surface area contributed by atoms with E-state index in [1.54, 1.807) is 13.2 Å². The summed E-state index contributed by atoms with van der Waals surface area (Å²) in [5.74, 6) is 0.832. The molecule has 0 atom stereocenters. The number of benzene rings is 1. The number of pyridine rings is 2. The molecule has 0 aliphatic heterocycles. The summed E-state index contributed by atoms with van der Waals surface area (Å²) < 4.78 is 5.16. The molecule has 3 aromatic rings. The molecule has 0 saturated carbocycles. The molecule has 0 fully saturated rings. The van der Waals surface area contributed by atoms with Crippen molar-refractivity contribution in [2.45, 2.75) is 6.61 Å². The van der Waals surface area contributed by atoms with Gasteiger partial charge in [-0.1, -0.05) is 24.3 Å². The molecule has 0 aliphatic carbocycles. The van der Waals surface area contributed by atoms with Crippen molar-refractivity contribution >= 4 is 0 Å². The van der Waals surface area contributed by atoms with Gasteiger partial charge in [-0.05, 0) is 35.9 Å². The van der Waals surface area contributed by atoms with Crippen LogP contribution >= 0.6 is 0 Å². The highest BCUT2D eigenvalue weighted by atomic mass is 16.5. The van der Waals surface area contributed by atoms with Gasteiger partial charge in [0.2, 0.25) is 0 Å². The Kier molecular flexibility index (Phi) is 4.12. The maximum absolute atomic E-state index is 9.15. The number of hydrogen-bond acceptors (Lipinski definition) is 4. The number of aliphatic hydroxyl groups is 1. The molecule has 0 bridgehead atoms. The van der Waals surface area contributed by atoms with Gasteiger partial charge in [-0.3, -0.25) is 4.98 Å². The molecule has 22 heavy (non-hydrogen) atoms. The predicted octanol–water partition coefficient (Wildman–Crippen LogP) is 3.31. The number of rotatable bonds is 4. The summed E-state index contributed by atoms with van der Waals surface area (Å²) in [6.45, 7) is -0.0717. The van der Waals surface area contributed by atoms with Crippen LogP contribution in [0.2, 0.25) is 0 Å². The minimum atomic E-state index is -0.0717. The van der Waals surface area contributed by atoms with Crippen LogP contribution in [0.3, 0.4) is 0 Å². The number of nitrogens with zero attached hydrogens (tertiary/aromatic N) is 2. The van der Waals surface area contributed by atoms with Gasteiger partial charge in [0.1, 0.15) is 5.75 Å². The lowest BCUT2D eigenvalue weighted by atomic mass is 10.1. The standard InChI is InChI=1S/C18H16N2O2/c1-22-16-8-5-13(6-9-16)14-7-10-17(19-11-14)18-4-2-3-15(12-21)20-18/h2-11,21H,12H2,1H3. The predicted molar refractivity (Wildman–Crippen MR) is 85.4 cm³/mol. The molecule has 1 N–H and O–H groups in total. The van der Waals surface area contributed by atoms with Gasteiger partial charge in [0.25, 0.3) is 0 Å². The van der Waals surface area contributed by atoms with E-state index in [-0.39, 0.29) is 6.61 Å². The van der Waals surface area contributed by atoms with Crippen LogP contribution in [-0.2, 0) is 6.61 Å². The Morgan fingerprint density at radius 1 is 0.909 bits per heavy atom. The first-order valence-electron chi connectivity index (χ1n) is 6.98. The van der Waals surface area contributed by atoms with Crippen molar-refractivity contribution in [1.82, 2.24) is 9.97 Å². The van der Waals surface area contributed by atoms with Gasteiger partial charge >= 0.3 is 0 Å². The van der Waals surface area contributed by atoms with Crippen LogP contribution in [0, 0.1) is 0 Å². The van der Waals surface area contributed by atoms with E-state index < -0.39 is 0 Å². The first-order valence-corrected chi connectivity index (χ1v) is 6.98. The molecule has 4 heteroatoms. The van der Waals surface area contributed by atoms with Crippen LogP contribution in [-0.4, -0.2) is 22.2 Å². The molecule has 0 amide bonds. The van der Waals surface area contributed by atoms with Crippen molar-refractivity contribution in [2.24, 2.45) is 0 Å². The second-order valence-electron chi connectivity index (χ2n) is 4.83. The molecule has 0 aliphatic rings. The Labute approximate surface area is 129 Å². The van der Waals surface area contributed by atoms with E-state index in [0.29, 0.717) is 5.69 Å². The highest BCUT2D eigenvalue weighted by Crippen LogP contribution is 2.23. The van der Waals surface area contributed by atoms with Gasteiger partial charge in [0, 0.05) is 11.8 Å². The summed E-state index contributed by atoms with van der Waals surface area (Å²) in [6.07, 6.45) is 1.82. The molecular formula is C18H16N2O2. The number of aromatic nitrogens is 2. The van der Waals surface area contributed by atoms with E-state index in [1.165, 1.54) is 0 Å². The van der Waals surface area contributed by atoms with Gasteiger partial charge in [0.05, 0.1) is 30.8 Å².